The average molecular weight is 519 g/mol. The van der Waals surface area contributed by atoms with Crippen LogP contribution in [0.1, 0.15) is 37.3 Å². The van der Waals surface area contributed by atoms with Crippen LogP contribution in [0.4, 0.5) is 4.79 Å². The lowest BCUT2D eigenvalue weighted by Crippen LogP contribution is -2.31. The van der Waals surface area contributed by atoms with Crippen molar-refractivity contribution in [1.82, 2.24) is 9.88 Å². The largest absolute Gasteiger partial charge is 0.487 e. The maximum absolute atomic E-state index is 12.5. The Morgan fingerprint density at radius 1 is 1.18 bits per heavy atom. The topological polar surface area (TPSA) is 102 Å². The van der Waals surface area contributed by atoms with Crippen molar-refractivity contribution in [2.45, 2.75) is 40.2 Å². The van der Waals surface area contributed by atoms with Crippen molar-refractivity contribution < 1.29 is 28.6 Å². The van der Waals surface area contributed by atoms with Gasteiger partial charge in [0.05, 0.1) is 12.5 Å². The summed E-state index contributed by atoms with van der Waals surface area (Å²) in [5.41, 5.74) is 2.34. The van der Waals surface area contributed by atoms with Crippen LogP contribution in [0, 0.1) is 30.1 Å². The zero-order valence-corrected chi connectivity index (χ0v) is 22.1. The second kappa shape index (κ2) is 10.5. The molecule has 3 atom stereocenters. The van der Waals surface area contributed by atoms with Gasteiger partial charge in [0, 0.05) is 24.1 Å². The van der Waals surface area contributed by atoms with Gasteiger partial charge in [0.1, 0.15) is 23.8 Å². The predicted octanol–water partition coefficient (Wildman–Crippen LogP) is 5.59. The summed E-state index contributed by atoms with van der Waals surface area (Å²) in [6, 6.07) is 17.6. The van der Waals surface area contributed by atoms with Crippen LogP contribution in [0.2, 0.25) is 0 Å². The SMILES string of the molecule is Cc1oc(-c2ccccc2)nc1COc1cccc(C[C@@H]2CC23CN(C(=O)OCC(C)C)CC3C(=O)O)c1. The minimum absolute atomic E-state index is 0.188. The van der Waals surface area contributed by atoms with E-state index in [9.17, 15) is 14.7 Å². The second-order valence-corrected chi connectivity index (χ2v) is 10.9. The van der Waals surface area contributed by atoms with E-state index in [1.54, 1.807) is 4.90 Å². The summed E-state index contributed by atoms with van der Waals surface area (Å²) in [4.78, 5) is 30.8. The molecule has 1 aliphatic carbocycles. The number of aryl methyl sites for hydroxylation is 1. The molecular formula is C30H34N2O6. The van der Waals surface area contributed by atoms with Crippen LogP contribution in [0.25, 0.3) is 11.5 Å². The molecule has 1 amide bonds. The van der Waals surface area contributed by atoms with Crippen LogP contribution < -0.4 is 4.74 Å². The van der Waals surface area contributed by atoms with Gasteiger partial charge in [0.2, 0.25) is 5.89 Å². The highest BCUT2D eigenvalue weighted by Crippen LogP contribution is 2.62. The van der Waals surface area contributed by atoms with Crippen molar-refractivity contribution in [2.75, 3.05) is 19.7 Å². The molecule has 2 unspecified atom stereocenters. The van der Waals surface area contributed by atoms with Crippen molar-refractivity contribution in [2.24, 2.45) is 23.2 Å². The number of carboxylic acids is 1. The van der Waals surface area contributed by atoms with Crippen molar-refractivity contribution in [3.05, 3.63) is 71.6 Å². The molecule has 38 heavy (non-hydrogen) atoms. The van der Waals surface area contributed by atoms with Crippen molar-refractivity contribution in [1.29, 1.82) is 0 Å². The number of ether oxygens (including phenoxy) is 2. The van der Waals surface area contributed by atoms with Crippen LogP contribution in [0.3, 0.4) is 0 Å². The highest BCUT2D eigenvalue weighted by molar-refractivity contribution is 5.76. The number of carbonyl (C=O) groups excluding carboxylic acids is 1. The zero-order valence-electron chi connectivity index (χ0n) is 22.1. The minimum atomic E-state index is -0.846. The predicted molar refractivity (Wildman–Crippen MR) is 141 cm³/mol. The van der Waals surface area contributed by atoms with Crippen molar-refractivity contribution in [3.8, 4) is 17.2 Å². The third-order valence-electron chi connectivity index (χ3n) is 7.63. The molecule has 200 valence electrons. The number of carbonyl (C=O) groups is 2. The van der Waals surface area contributed by atoms with E-state index in [-0.39, 0.29) is 25.0 Å². The fourth-order valence-corrected chi connectivity index (χ4v) is 5.48. The summed E-state index contributed by atoms with van der Waals surface area (Å²) in [5, 5.41) is 9.90. The first kappa shape index (κ1) is 25.8. The lowest BCUT2D eigenvalue weighted by molar-refractivity contribution is -0.143. The zero-order chi connectivity index (χ0) is 26.9. The van der Waals surface area contributed by atoms with Crippen LogP contribution >= 0.6 is 0 Å². The number of oxazole rings is 1. The highest BCUT2D eigenvalue weighted by atomic mass is 16.6. The maximum atomic E-state index is 12.5. The van der Waals surface area contributed by atoms with Crippen LogP contribution in [-0.2, 0) is 22.6 Å². The Morgan fingerprint density at radius 2 is 1.97 bits per heavy atom. The average Bonchev–Trinajstić information content (AvgIpc) is 3.22. The summed E-state index contributed by atoms with van der Waals surface area (Å²) in [5.74, 6) is 1.01. The van der Waals surface area contributed by atoms with Gasteiger partial charge in [-0.05, 0) is 61.4 Å². The molecule has 2 fully saturated rings. The number of hydrogen-bond acceptors (Lipinski definition) is 6. The lowest BCUT2D eigenvalue weighted by atomic mass is 9.88. The van der Waals surface area contributed by atoms with E-state index in [0.29, 0.717) is 19.0 Å². The highest BCUT2D eigenvalue weighted by Gasteiger charge is 2.65. The van der Waals surface area contributed by atoms with Gasteiger partial charge >= 0.3 is 12.1 Å². The molecule has 2 heterocycles. The van der Waals surface area contributed by atoms with Gasteiger partial charge < -0.3 is 23.9 Å². The number of benzene rings is 2. The van der Waals surface area contributed by atoms with Crippen LogP contribution in [-0.4, -0.2) is 46.7 Å². The quantitative estimate of drug-likeness (QED) is 0.394. The van der Waals surface area contributed by atoms with E-state index in [1.807, 2.05) is 75.4 Å². The van der Waals surface area contributed by atoms with Crippen LogP contribution in [0.15, 0.2) is 59.0 Å². The van der Waals surface area contributed by atoms with E-state index >= 15 is 0 Å². The summed E-state index contributed by atoms with van der Waals surface area (Å²) in [6.45, 7) is 7.07. The molecule has 0 bridgehead atoms. The lowest BCUT2D eigenvalue weighted by Gasteiger charge is -2.17. The number of nitrogens with zero attached hydrogens (tertiary/aromatic N) is 2. The molecule has 1 spiro atoms. The molecule has 0 radical (unpaired) electrons. The number of hydrogen-bond donors (Lipinski definition) is 1. The van der Waals surface area contributed by atoms with E-state index < -0.39 is 23.4 Å². The van der Waals surface area contributed by atoms with Gasteiger partial charge in [-0.25, -0.2) is 9.78 Å². The molecule has 1 aromatic heterocycles. The molecule has 1 N–H and O–H groups in total. The Morgan fingerprint density at radius 3 is 2.71 bits per heavy atom. The summed E-state index contributed by atoms with van der Waals surface area (Å²) in [6.07, 6.45) is 1.10. The second-order valence-electron chi connectivity index (χ2n) is 10.9. The number of likely N-dealkylation sites (tertiary alicyclic amines) is 1. The number of amides is 1. The number of aromatic nitrogens is 1. The Hall–Kier alpha value is -3.81. The number of carboxylic acid groups (broad SMARTS) is 1. The normalized spacial score (nSPS) is 22.2. The van der Waals surface area contributed by atoms with Gasteiger partial charge in [-0.15, -0.1) is 0 Å². The van der Waals surface area contributed by atoms with Gasteiger partial charge in [-0.2, -0.15) is 0 Å². The Labute approximate surface area is 222 Å². The molecule has 3 aromatic rings. The van der Waals surface area contributed by atoms with Crippen molar-refractivity contribution >= 4 is 12.1 Å². The first-order valence-electron chi connectivity index (χ1n) is 13.1. The summed E-state index contributed by atoms with van der Waals surface area (Å²) in [7, 11) is 0. The van der Waals surface area contributed by atoms with Crippen LogP contribution in [0.5, 0.6) is 5.75 Å². The molecule has 2 aromatic carbocycles. The molecule has 8 heteroatoms. The number of rotatable bonds is 9. The molecule has 5 rings (SSSR count). The first-order valence-corrected chi connectivity index (χ1v) is 13.1. The first-order chi connectivity index (χ1) is 18.2. The monoisotopic (exact) mass is 518 g/mol. The molecule has 1 aliphatic heterocycles. The molecular weight excluding hydrogens is 484 g/mol. The van der Waals surface area contributed by atoms with Gasteiger partial charge in [0.25, 0.3) is 0 Å². The van der Waals surface area contributed by atoms with Crippen molar-refractivity contribution in [3.63, 3.8) is 0 Å². The Kier molecular flexibility index (Phi) is 7.15. The van der Waals surface area contributed by atoms with Gasteiger partial charge in [-0.1, -0.05) is 44.2 Å². The summed E-state index contributed by atoms with van der Waals surface area (Å²) < 4.78 is 17.3. The van der Waals surface area contributed by atoms with E-state index in [4.69, 9.17) is 13.9 Å². The van der Waals surface area contributed by atoms with Gasteiger partial charge in [0.15, 0.2) is 0 Å². The fraction of sp³-hybridized carbons (Fsp3) is 0.433. The fourth-order valence-electron chi connectivity index (χ4n) is 5.48. The van der Waals surface area contributed by atoms with Gasteiger partial charge in [-0.3, -0.25) is 4.79 Å². The van der Waals surface area contributed by atoms with E-state index in [1.165, 1.54) is 0 Å². The molecule has 8 nitrogen and oxygen atoms in total. The maximum Gasteiger partial charge on any atom is 0.409 e. The standard InChI is InChI=1S/C30H34N2O6/c1-19(2)16-37-29(35)32-15-25(28(33)34)30(18-32)14-23(30)12-21-8-7-11-24(13-21)36-17-26-20(3)38-27(31-26)22-9-5-4-6-10-22/h4-11,13,19,23,25H,12,14-18H2,1-3H3,(H,33,34)/t23-,25?,30?/m1/s1. The Bertz CT molecular complexity index is 1300. The smallest absolute Gasteiger partial charge is 0.409 e. The van der Waals surface area contributed by atoms with E-state index in [0.717, 1.165) is 41.2 Å². The minimum Gasteiger partial charge on any atom is -0.487 e. The summed E-state index contributed by atoms with van der Waals surface area (Å²) >= 11 is 0. The molecule has 1 saturated heterocycles. The van der Waals surface area contributed by atoms with E-state index in [2.05, 4.69) is 4.98 Å². The third kappa shape index (κ3) is 5.39. The number of aliphatic carboxylic acids is 1. The molecule has 1 saturated carbocycles. The Balaban J connectivity index is 1.21. The third-order valence-corrected chi connectivity index (χ3v) is 7.63. The molecule has 2 aliphatic rings.